The molecule has 0 N–H and O–H groups in total. The lowest BCUT2D eigenvalue weighted by molar-refractivity contribution is 0.913. The molecule has 1 heterocycles. The van der Waals surface area contributed by atoms with Crippen molar-refractivity contribution in [2.45, 2.75) is 13.3 Å². The lowest BCUT2D eigenvalue weighted by atomic mass is 9.81. The molecule has 0 fully saturated rings. The molecule has 0 spiro atoms. The van der Waals surface area contributed by atoms with Crippen LogP contribution in [0.5, 0.6) is 0 Å². The number of rotatable bonds is 7. The highest BCUT2D eigenvalue weighted by Gasteiger charge is 2.23. The van der Waals surface area contributed by atoms with Crippen LogP contribution in [0.4, 0.5) is 0 Å². The second-order valence-corrected chi connectivity index (χ2v) is 15.3. The van der Waals surface area contributed by atoms with Crippen LogP contribution in [-0.2, 0) is 6.42 Å². The van der Waals surface area contributed by atoms with Crippen molar-refractivity contribution in [2.75, 3.05) is 0 Å². The maximum Gasteiger partial charge on any atom is 0.114 e. The topological polar surface area (TPSA) is 17.8 Å². The van der Waals surface area contributed by atoms with Crippen LogP contribution >= 0.6 is 0 Å². The fraction of sp³-hybridized carbons (Fsp3) is 0.0351. The summed E-state index contributed by atoms with van der Waals surface area (Å²) in [5.74, 6) is 1.06. The molecule has 278 valence electrons. The SMILES string of the molecule is CCc1nc2ccccc2n1-c1ccc(-c2c3ccccc3c(-c3cc(-c4ccccc4)ccc3-c3ccccc3)c3cc(-c4ccccc4)ccc23)c2ccccc12. The van der Waals surface area contributed by atoms with E-state index in [0.29, 0.717) is 0 Å². The van der Waals surface area contributed by atoms with Crippen molar-refractivity contribution < 1.29 is 0 Å². The Labute approximate surface area is 344 Å². The van der Waals surface area contributed by atoms with Gasteiger partial charge in [0.05, 0.1) is 16.7 Å². The van der Waals surface area contributed by atoms with Crippen LogP contribution in [0.3, 0.4) is 0 Å². The first kappa shape index (κ1) is 34.7. The molecule has 2 nitrogen and oxygen atoms in total. The van der Waals surface area contributed by atoms with E-state index >= 15 is 0 Å². The number of para-hydroxylation sites is 2. The Balaban J connectivity index is 1.26. The van der Waals surface area contributed by atoms with Gasteiger partial charge in [-0.05, 0) is 113 Å². The quantitative estimate of drug-likeness (QED) is 0.148. The minimum Gasteiger partial charge on any atom is -0.296 e. The van der Waals surface area contributed by atoms with Gasteiger partial charge < -0.3 is 0 Å². The molecular weight excluding hydrogens is 713 g/mol. The first-order valence-electron chi connectivity index (χ1n) is 20.5. The van der Waals surface area contributed by atoms with Gasteiger partial charge in [0.2, 0.25) is 0 Å². The van der Waals surface area contributed by atoms with E-state index in [0.717, 1.165) is 29.0 Å². The third-order valence-corrected chi connectivity index (χ3v) is 12.0. The molecule has 0 unspecified atom stereocenters. The summed E-state index contributed by atoms with van der Waals surface area (Å²) in [4.78, 5) is 5.07. The summed E-state index contributed by atoms with van der Waals surface area (Å²) in [6.45, 7) is 2.19. The van der Waals surface area contributed by atoms with Gasteiger partial charge in [0.1, 0.15) is 5.82 Å². The van der Waals surface area contributed by atoms with Crippen LogP contribution in [-0.4, -0.2) is 9.55 Å². The van der Waals surface area contributed by atoms with E-state index in [1.165, 1.54) is 88.0 Å². The number of nitrogens with zero attached hydrogens (tertiary/aromatic N) is 2. The van der Waals surface area contributed by atoms with E-state index in [4.69, 9.17) is 4.98 Å². The zero-order chi connectivity index (χ0) is 39.3. The molecule has 0 aliphatic heterocycles. The molecule has 0 amide bonds. The van der Waals surface area contributed by atoms with Crippen molar-refractivity contribution in [1.82, 2.24) is 9.55 Å². The zero-order valence-electron chi connectivity index (χ0n) is 32.8. The van der Waals surface area contributed by atoms with Crippen LogP contribution in [0.1, 0.15) is 12.7 Å². The van der Waals surface area contributed by atoms with E-state index in [-0.39, 0.29) is 0 Å². The molecule has 0 radical (unpaired) electrons. The molecule has 2 heteroatoms. The van der Waals surface area contributed by atoms with E-state index < -0.39 is 0 Å². The van der Waals surface area contributed by atoms with Crippen molar-refractivity contribution in [1.29, 1.82) is 0 Å². The Hall–Kier alpha value is -7.55. The maximum absolute atomic E-state index is 5.07. The van der Waals surface area contributed by atoms with Crippen LogP contribution in [0.2, 0.25) is 0 Å². The molecule has 59 heavy (non-hydrogen) atoms. The van der Waals surface area contributed by atoms with Gasteiger partial charge in [-0.15, -0.1) is 0 Å². The molecule has 0 bridgehead atoms. The molecule has 0 saturated carbocycles. The van der Waals surface area contributed by atoms with Crippen LogP contribution < -0.4 is 0 Å². The molecule has 10 aromatic carbocycles. The first-order valence-corrected chi connectivity index (χ1v) is 20.5. The average Bonchev–Trinajstić information content (AvgIpc) is 3.69. The van der Waals surface area contributed by atoms with Gasteiger partial charge in [-0.2, -0.15) is 0 Å². The van der Waals surface area contributed by atoms with Gasteiger partial charge in [-0.1, -0.05) is 189 Å². The van der Waals surface area contributed by atoms with E-state index in [2.05, 4.69) is 224 Å². The minimum absolute atomic E-state index is 0.835. The van der Waals surface area contributed by atoms with Crippen molar-refractivity contribution in [3.8, 4) is 61.3 Å². The second kappa shape index (κ2) is 14.4. The Morgan fingerprint density at radius 1 is 0.356 bits per heavy atom. The van der Waals surface area contributed by atoms with Crippen molar-refractivity contribution in [3.05, 3.63) is 218 Å². The fourth-order valence-electron chi connectivity index (χ4n) is 9.28. The standard InChI is InChI=1S/C57H40N2/c1-2-55-58-52-28-16-17-29-54(52)59(55)53-35-34-48(44-24-12-13-25-45(44)53)56-46-26-14-15-27-47(46)57(51-37-42(31-33-49(51)56)39-20-8-4-9-21-39)50-36-41(38-18-6-3-7-19-38)30-32-43(50)40-22-10-5-11-23-40/h3-37H,2H2,1H3. The predicted octanol–water partition coefficient (Wildman–Crippen LogP) is 15.4. The summed E-state index contributed by atoms with van der Waals surface area (Å²) < 4.78 is 2.36. The van der Waals surface area contributed by atoms with Crippen LogP contribution in [0.15, 0.2) is 212 Å². The first-order chi connectivity index (χ1) is 29.2. The molecular formula is C57H40N2. The highest BCUT2D eigenvalue weighted by Crippen LogP contribution is 2.49. The highest BCUT2D eigenvalue weighted by molar-refractivity contribution is 6.25. The van der Waals surface area contributed by atoms with Gasteiger partial charge in [-0.3, -0.25) is 4.57 Å². The van der Waals surface area contributed by atoms with E-state index in [9.17, 15) is 0 Å². The molecule has 11 rings (SSSR count). The van der Waals surface area contributed by atoms with Crippen LogP contribution in [0.25, 0.3) is 105 Å². The summed E-state index contributed by atoms with van der Waals surface area (Å²) in [5, 5.41) is 7.32. The second-order valence-electron chi connectivity index (χ2n) is 15.3. The summed E-state index contributed by atoms with van der Waals surface area (Å²) in [6, 6.07) is 77.6. The van der Waals surface area contributed by atoms with Gasteiger partial charge in [0.15, 0.2) is 0 Å². The van der Waals surface area contributed by atoms with Gasteiger partial charge in [0.25, 0.3) is 0 Å². The normalized spacial score (nSPS) is 11.5. The third kappa shape index (κ3) is 5.84. The van der Waals surface area contributed by atoms with Crippen molar-refractivity contribution >= 4 is 43.4 Å². The summed E-state index contributed by atoms with van der Waals surface area (Å²) in [7, 11) is 0. The maximum atomic E-state index is 5.07. The Morgan fingerprint density at radius 3 is 1.54 bits per heavy atom. The predicted molar refractivity (Wildman–Crippen MR) is 250 cm³/mol. The van der Waals surface area contributed by atoms with Crippen molar-refractivity contribution in [3.63, 3.8) is 0 Å². The smallest absolute Gasteiger partial charge is 0.114 e. The Kier molecular flexibility index (Phi) is 8.48. The molecule has 11 aromatic rings. The van der Waals surface area contributed by atoms with Gasteiger partial charge in [-0.25, -0.2) is 4.98 Å². The van der Waals surface area contributed by atoms with Gasteiger partial charge in [0, 0.05) is 11.8 Å². The minimum atomic E-state index is 0.835. The summed E-state index contributed by atoms with van der Waals surface area (Å²) in [5.41, 5.74) is 15.4. The van der Waals surface area contributed by atoms with Gasteiger partial charge >= 0.3 is 0 Å². The molecule has 1 aromatic heterocycles. The molecule has 0 saturated heterocycles. The number of imidazole rings is 1. The molecule has 0 atom stereocenters. The Morgan fingerprint density at radius 2 is 0.864 bits per heavy atom. The number of hydrogen-bond acceptors (Lipinski definition) is 1. The number of aromatic nitrogens is 2. The summed E-state index contributed by atoms with van der Waals surface area (Å²) >= 11 is 0. The zero-order valence-corrected chi connectivity index (χ0v) is 32.8. The number of hydrogen-bond donors (Lipinski definition) is 0. The third-order valence-electron chi connectivity index (χ3n) is 12.0. The van der Waals surface area contributed by atoms with E-state index in [1.54, 1.807) is 0 Å². The largest absolute Gasteiger partial charge is 0.296 e. The van der Waals surface area contributed by atoms with Crippen molar-refractivity contribution in [2.24, 2.45) is 0 Å². The number of benzene rings is 10. The van der Waals surface area contributed by atoms with Crippen LogP contribution in [0, 0.1) is 0 Å². The molecule has 0 aliphatic rings. The molecule has 0 aliphatic carbocycles. The number of fused-ring (bicyclic) bond motifs is 4. The number of aryl methyl sites for hydroxylation is 1. The monoisotopic (exact) mass is 752 g/mol. The lowest BCUT2D eigenvalue weighted by Gasteiger charge is -2.22. The van der Waals surface area contributed by atoms with E-state index in [1.807, 2.05) is 0 Å². The highest BCUT2D eigenvalue weighted by atomic mass is 15.1. The Bertz CT molecular complexity index is 3340. The summed E-state index contributed by atoms with van der Waals surface area (Å²) in [6.07, 6.45) is 0.835. The fourth-order valence-corrected chi connectivity index (χ4v) is 9.28. The average molecular weight is 753 g/mol. The lowest BCUT2D eigenvalue weighted by Crippen LogP contribution is -2.01.